The Morgan fingerprint density at radius 2 is 2.22 bits per heavy atom. The lowest BCUT2D eigenvalue weighted by molar-refractivity contribution is -0.0365. The number of carbonyl (C=O) groups excluding carboxylic acids is 1. The number of ether oxygens (including phenoxy) is 1. The van der Waals surface area contributed by atoms with E-state index >= 15 is 0 Å². The normalized spacial score (nSPS) is 23.2. The number of nitrogens with one attached hydrogen (secondary N) is 1. The fraction of sp³-hybridized carbons (Fsp3) is 0.550. The van der Waals surface area contributed by atoms with Gasteiger partial charge in [0, 0.05) is 50.7 Å². The zero-order chi connectivity index (χ0) is 18.5. The molecule has 2 unspecified atom stereocenters. The van der Waals surface area contributed by atoms with Crippen molar-refractivity contribution in [3.8, 4) is 5.82 Å². The van der Waals surface area contributed by atoms with Crippen molar-refractivity contribution in [2.24, 2.45) is 5.92 Å². The molecule has 0 spiro atoms. The molecule has 2 aliphatic rings. The molecule has 0 bridgehead atoms. The van der Waals surface area contributed by atoms with Gasteiger partial charge in [-0.3, -0.25) is 4.57 Å². The third-order valence-corrected chi connectivity index (χ3v) is 5.51. The van der Waals surface area contributed by atoms with E-state index in [1.165, 1.54) is 12.8 Å². The first-order valence-electron chi connectivity index (χ1n) is 9.87. The van der Waals surface area contributed by atoms with Gasteiger partial charge in [0.25, 0.3) is 0 Å². The van der Waals surface area contributed by atoms with Crippen LogP contribution in [0.4, 0.5) is 4.79 Å². The van der Waals surface area contributed by atoms with E-state index in [1.54, 1.807) is 18.7 Å². The summed E-state index contributed by atoms with van der Waals surface area (Å²) in [6.45, 7) is 2.98. The molecule has 2 atom stereocenters. The molecule has 2 amide bonds. The molecule has 0 radical (unpaired) electrons. The van der Waals surface area contributed by atoms with Crippen molar-refractivity contribution in [1.82, 2.24) is 24.8 Å². The van der Waals surface area contributed by atoms with E-state index in [9.17, 15) is 4.79 Å². The molecule has 0 saturated carbocycles. The first kappa shape index (κ1) is 18.0. The number of pyridine rings is 1. The minimum Gasteiger partial charge on any atom is -0.378 e. The van der Waals surface area contributed by atoms with Gasteiger partial charge in [-0.15, -0.1) is 0 Å². The largest absolute Gasteiger partial charge is 0.378 e. The van der Waals surface area contributed by atoms with Gasteiger partial charge in [-0.1, -0.05) is 6.07 Å². The molecule has 2 aliphatic heterocycles. The first-order valence-corrected chi connectivity index (χ1v) is 9.87. The Labute approximate surface area is 159 Å². The quantitative estimate of drug-likeness (QED) is 0.899. The maximum Gasteiger partial charge on any atom is 0.317 e. The number of hydrogen-bond acceptors (Lipinski definition) is 4. The molecule has 2 aromatic heterocycles. The number of carbonyl (C=O) groups is 1. The number of piperidine rings is 1. The van der Waals surface area contributed by atoms with Crippen LogP contribution in [-0.4, -0.2) is 51.3 Å². The van der Waals surface area contributed by atoms with Gasteiger partial charge in [0.2, 0.25) is 0 Å². The van der Waals surface area contributed by atoms with Crippen LogP contribution < -0.4 is 5.32 Å². The van der Waals surface area contributed by atoms with Crippen molar-refractivity contribution >= 4 is 6.03 Å². The average Bonchev–Trinajstić information content (AvgIpc) is 3.28. The van der Waals surface area contributed by atoms with Gasteiger partial charge in [0.1, 0.15) is 12.1 Å². The highest BCUT2D eigenvalue weighted by atomic mass is 16.5. The molecule has 2 saturated heterocycles. The van der Waals surface area contributed by atoms with Crippen molar-refractivity contribution < 1.29 is 9.53 Å². The van der Waals surface area contributed by atoms with Crippen LogP contribution in [0.1, 0.15) is 37.7 Å². The number of imidazole rings is 1. The number of aromatic nitrogens is 3. The number of rotatable bonds is 4. The van der Waals surface area contributed by atoms with Crippen LogP contribution in [-0.2, 0) is 11.3 Å². The summed E-state index contributed by atoms with van der Waals surface area (Å²) in [6.07, 6.45) is 13.2. The molecular formula is C20H27N5O2. The van der Waals surface area contributed by atoms with Crippen LogP contribution in [0.15, 0.2) is 37.1 Å². The van der Waals surface area contributed by atoms with E-state index in [4.69, 9.17) is 4.74 Å². The van der Waals surface area contributed by atoms with E-state index in [0.29, 0.717) is 18.6 Å². The molecule has 1 N–H and O–H groups in total. The molecule has 2 aromatic rings. The second-order valence-electron chi connectivity index (χ2n) is 7.41. The third-order valence-electron chi connectivity index (χ3n) is 5.51. The van der Waals surface area contributed by atoms with Crippen molar-refractivity contribution in [3.63, 3.8) is 0 Å². The molecular weight excluding hydrogens is 342 g/mol. The molecule has 4 heterocycles. The Bertz CT molecular complexity index is 725. The Morgan fingerprint density at radius 3 is 2.96 bits per heavy atom. The summed E-state index contributed by atoms with van der Waals surface area (Å²) in [5, 5.41) is 3.03. The summed E-state index contributed by atoms with van der Waals surface area (Å²) in [5.74, 6) is 1.29. The Balaban J connectivity index is 1.28. The summed E-state index contributed by atoms with van der Waals surface area (Å²) >= 11 is 0. The van der Waals surface area contributed by atoms with Gasteiger partial charge in [-0.05, 0) is 43.7 Å². The average molecular weight is 369 g/mol. The third kappa shape index (κ3) is 4.47. The van der Waals surface area contributed by atoms with Gasteiger partial charge in [-0.25, -0.2) is 14.8 Å². The molecule has 7 heteroatoms. The Kier molecular flexibility index (Phi) is 5.67. The lowest BCUT2D eigenvalue weighted by atomic mass is 9.88. The SMILES string of the molecule is O=C(NCc1ccc(-n2ccnc2)nc1)N1CCCC(C2CCCCO2)C1. The van der Waals surface area contributed by atoms with E-state index < -0.39 is 0 Å². The number of hydrogen-bond donors (Lipinski definition) is 1. The molecule has 4 rings (SSSR count). The zero-order valence-electron chi connectivity index (χ0n) is 15.6. The Hall–Kier alpha value is -2.41. The monoisotopic (exact) mass is 369 g/mol. The molecule has 0 aliphatic carbocycles. The number of urea groups is 1. The highest BCUT2D eigenvalue weighted by Gasteiger charge is 2.30. The summed E-state index contributed by atoms with van der Waals surface area (Å²) in [5.41, 5.74) is 0.983. The number of likely N-dealkylation sites (tertiary alicyclic amines) is 1. The topological polar surface area (TPSA) is 72.3 Å². The van der Waals surface area contributed by atoms with Gasteiger partial charge in [0.05, 0.1) is 6.10 Å². The van der Waals surface area contributed by atoms with E-state index in [0.717, 1.165) is 50.3 Å². The summed E-state index contributed by atoms with van der Waals surface area (Å²) in [6, 6.07) is 3.92. The highest BCUT2D eigenvalue weighted by Crippen LogP contribution is 2.27. The summed E-state index contributed by atoms with van der Waals surface area (Å²) in [4.78, 5) is 23.0. The molecule has 27 heavy (non-hydrogen) atoms. The maximum absolute atomic E-state index is 12.6. The second-order valence-corrected chi connectivity index (χ2v) is 7.41. The van der Waals surface area contributed by atoms with Crippen molar-refractivity contribution in [2.45, 2.75) is 44.8 Å². The van der Waals surface area contributed by atoms with Gasteiger partial charge >= 0.3 is 6.03 Å². The summed E-state index contributed by atoms with van der Waals surface area (Å²) < 4.78 is 7.79. The number of amides is 2. The van der Waals surface area contributed by atoms with Crippen molar-refractivity contribution in [2.75, 3.05) is 19.7 Å². The minimum absolute atomic E-state index is 0.00851. The zero-order valence-corrected chi connectivity index (χ0v) is 15.6. The number of nitrogens with zero attached hydrogens (tertiary/aromatic N) is 4. The maximum atomic E-state index is 12.6. The van der Waals surface area contributed by atoms with Crippen molar-refractivity contribution in [3.05, 3.63) is 42.6 Å². The van der Waals surface area contributed by atoms with Crippen LogP contribution in [0.3, 0.4) is 0 Å². The van der Waals surface area contributed by atoms with Crippen LogP contribution in [0, 0.1) is 5.92 Å². The predicted octanol–water partition coefficient (Wildman–Crippen LogP) is 2.76. The standard InChI is InChI=1S/C20H27N5O2/c26-20(24-9-3-4-17(14-24)18-5-1-2-11-27-18)23-13-16-6-7-19(22-12-16)25-10-8-21-15-25/h6-8,10,12,15,17-18H,1-5,9,11,13-14H2,(H,23,26). The van der Waals surface area contributed by atoms with Crippen LogP contribution >= 0.6 is 0 Å². The molecule has 144 valence electrons. The lowest BCUT2D eigenvalue weighted by Crippen LogP contribution is -2.48. The minimum atomic E-state index is 0.00851. The van der Waals surface area contributed by atoms with Gasteiger partial charge in [0.15, 0.2) is 0 Å². The highest BCUT2D eigenvalue weighted by molar-refractivity contribution is 5.74. The summed E-state index contributed by atoms with van der Waals surface area (Å²) in [7, 11) is 0. The van der Waals surface area contributed by atoms with Crippen LogP contribution in [0.25, 0.3) is 5.82 Å². The van der Waals surface area contributed by atoms with E-state index in [2.05, 4.69) is 15.3 Å². The van der Waals surface area contributed by atoms with Gasteiger partial charge in [-0.2, -0.15) is 0 Å². The van der Waals surface area contributed by atoms with E-state index in [-0.39, 0.29) is 6.03 Å². The molecule has 2 fully saturated rings. The van der Waals surface area contributed by atoms with Crippen LogP contribution in [0.2, 0.25) is 0 Å². The van der Waals surface area contributed by atoms with Crippen molar-refractivity contribution in [1.29, 1.82) is 0 Å². The smallest absolute Gasteiger partial charge is 0.317 e. The van der Waals surface area contributed by atoms with E-state index in [1.807, 2.05) is 27.8 Å². The van der Waals surface area contributed by atoms with Gasteiger partial charge < -0.3 is 15.0 Å². The predicted molar refractivity (Wildman–Crippen MR) is 101 cm³/mol. The first-order chi connectivity index (χ1) is 13.3. The fourth-order valence-corrected chi connectivity index (χ4v) is 3.99. The molecule has 0 aromatic carbocycles. The fourth-order valence-electron chi connectivity index (χ4n) is 3.99. The lowest BCUT2D eigenvalue weighted by Gasteiger charge is -2.38. The second kappa shape index (κ2) is 8.52. The molecule has 7 nitrogen and oxygen atoms in total. The Morgan fingerprint density at radius 1 is 1.26 bits per heavy atom. The van der Waals surface area contributed by atoms with Crippen LogP contribution in [0.5, 0.6) is 0 Å².